The van der Waals surface area contributed by atoms with E-state index in [-0.39, 0.29) is 13.2 Å². The van der Waals surface area contributed by atoms with Crippen LogP contribution in [0, 0.1) is 0 Å². The minimum atomic E-state index is -0.994. The van der Waals surface area contributed by atoms with Gasteiger partial charge in [-0.15, -0.1) is 0 Å². The topological polar surface area (TPSA) is 152 Å². The van der Waals surface area contributed by atoms with Gasteiger partial charge in [-0.3, -0.25) is 4.57 Å². The normalized spacial score (nSPS) is 22.1. The summed E-state index contributed by atoms with van der Waals surface area (Å²) in [4.78, 5) is 15.2. The largest absolute Gasteiger partial charge is 0.394 e. The van der Waals surface area contributed by atoms with Gasteiger partial charge in [0.1, 0.15) is 18.5 Å². The van der Waals surface area contributed by atoms with Gasteiger partial charge >= 0.3 is 0 Å². The molecule has 0 saturated carbocycles. The first-order valence-corrected chi connectivity index (χ1v) is 12.0. The highest BCUT2D eigenvalue weighted by Crippen LogP contribution is 2.34. The molecule has 10 nitrogen and oxygen atoms in total. The highest BCUT2D eigenvalue weighted by molar-refractivity contribution is 7.99. The molecule has 2 aromatic heterocycles. The number of aliphatic hydroxyl groups is 3. The summed E-state index contributed by atoms with van der Waals surface area (Å²) in [5.74, 6) is 0.551. The summed E-state index contributed by atoms with van der Waals surface area (Å²) in [6, 6.07) is 15.1. The van der Waals surface area contributed by atoms with Crippen molar-refractivity contribution in [2.24, 2.45) is 5.73 Å². The third kappa shape index (κ3) is 4.61. The first-order valence-electron chi connectivity index (χ1n) is 11.2. The third-order valence-corrected chi connectivity index (χ3v) is 7.25. The van der Waals surface area contributed by atoms with E-state index in [1.165, 1.54) is 6.33 Å². The Morgan fingerprint density at radius 3 is 2.43 bits per heavy atom. The number of imidazole rings is 1. The van der Waals surface area contributed by atoms with Crippen LogP contribution in [-0.2, 0) is 17.9 Å². The van der Waals surface area contributed by atoms with Crippen molar-refractivity contribution in [2.75, 3.05) is 11.9 Å². The molecule has 6 N–H and O–H groups in total. The molecule has 2 aromatic carbocycles. The number of benzene rings is 2. The average molecular weight is 495 g/mol. The summed E-state index contributed by atoms with van der Waals surface area (Å²) in [5, 5.41) is 32.7. The number of hydrogen-bond donors (Lipinski definition) is 5. The number of aromatic nitrogens is 4. The van der Waals surface area contributed by atoms with Crippen LogP contribution in [0.2, 0.25) is 0 Å². The number of hydrogen-bond acceptors (Lipinski definition) is 10. The van der Waals surface area contributed by atoms with Gasteiger partial charge in [-0.2, -0.15) is 0 Å². The molecule has 11 heteroatoms. The lowest BCUT2D eigenvalue weighted by Crippen LogP contribution is -2.39. The highest BCUT2D eigenvalue weighted by Gasteiger charge is 2.42. The van der Waals surface area contributed by atoms with Crippen LogP contribution in [0.3, 0.4) is 0 Å². The summed E-state index contributed by atoms with van der Waals surface area (Å²) >= 11 is 1.60. The number of nitrogens with two attached hydrogens (primary N) is 1. The molecule has 1 aliphatic heterocycles. The van der Waals surface area contributed by atoms with Gasteiger partial charge in [0.05, 0.1) is 25.6 Å². The van der Waals surface area contributed by atoms with Crippen LogP contribution in [0.1, 0.15) is 17.4 Å². The Balaban J connectivity index is 1.38. The van der Waals surface area contributed by atoms with E-state index in [2.05, 4.69) is 20.3 Å². The van der Waals surface area contributed by atoms with E-state index < -0.39 is 24.5 Å². The lowest BCUT2D eigenvalue weighted by atomic mass is 10.1. The molecular formula is C24H26N6O4S. The second-order valence-electron chi connectivity index (χ2n) is 8.19. The van der Waals surface area contributed by atoms with Gasteiger partial charge in [-0.05, 0) is 23.3 Å². The Morgan fingerprint density at radius 2 is 1.71 bits per heavy atom. The molecule has 3 heterocycles. The Bertz CT molecular complexity index is 1320. The first-order chi connectivity index (χ1) is 17.1. The van der Waals surface area contributed by atoms with Crippen LogP contribution in [0.4, 0.5) is 5.82 Å². The Morgan fingerprint density at radius 1 is 1.00 bits per heavy atom. The number of rotatable bonds is 8. The van der Waals surface area contributed by atoms with Gasteiger partial charge in [0.2, 0.25) is 0 Å². The molecule has 1 fully saturated rings. The molecule has 0 unspecified atom stereocenters. The van der Waals surface area contributed by atoms with Gasteiger partial charge < -0.3 is 31.1 Å². The van der Waals surface area contributed by atoms with E-state index in [0.29, 0.717) is 23.5 Å². The molecule has 35 heavy (non-hydrogen) atoms. The maximum atomic E-state index is 10.2. The van der Waals surface area contributed by atoms with Crippen LogP contribution in [0.5, 0.6) is 0 Å². The number of fused-ring (bicyclic) bond motifs is 1. The molecule has 4 aromatic rings. The van der Waals surface area contributed by atoms with Crippen molar-refractivity contribution in [3.63, 3.8) is 0 Å². The second-order valence-corrected chi connectivity index (χ2v) is 9.27. The molecule has 0 aliphatic carbocycles. The number of aliphatic hydroxyl groups excluding tert-OH is 3. The number of nitrogens with zero attached hydrogens (tertiary/aromatic N) is 4. The van der Waals surface area contributed by atoms with Gasteiger partial charge in [0.15, 0.2) is 23.2 Å². The number of anilines is 1. The molecule has 0 bridgehead atoms. The van der Waals surface area contributed by atoms with E-state index in [1.807, 2.05) is 48.5 Å². The van der Waals surface area contributed by atoms with Crippen molar-refractivity contribution >= 4 is 28.7 Å². The molecule has 0 radical (unpaired) electrons. The summed E-state index contributed by atoms with van der Waals surface area (Å²) < 4.78 is 7.40. The van der Waals surface area contributed by atoms with Gasteiger partial charge in [0.25, 0.3) is 0 Å². The zero-order valence-electron chi connectivity index (χ0n) is 18.7. The Hall–Kier alpha value is -3.06. The smallest absolute Gasteiger partial charge is 0.167 e. The van der Waals surface area contributed by atoms with E-state index in [1.54, 1.807) is 22.7 Å². The fourth-order valence-corrected chi connectivity index (χ4v) is 5.18. The minimum absolute atomic E-state index is 0.0182. The Labute approximate surface area is 205 Å². The van der Waals surface area contributed by atoms with Crippen LogP contribution in [0.25, 0.3) is 11.2 Å². The monoisotopic (exact) mass is 494 g/mol. The second kappa shape index (κ2) is 10.3. The molecule has 0 amide bonds. The molecule has 182 valence electrons. The Kier molecular flexibility index (Phi) is 6.95. The fraction of sp³-hybridized carbons (Fsp3) is 0.292. The van der Waals surface area contributed by atoms with Crippen molar-refractivity contribution in [1.82, 2.24) is 19.5 Å². The maximum absolute atomic E-state index is 10.2. The fourth-order valence-electron chi connectivity index (χ4n) is 4.12. The summed E-state index contributed by atoms with van der Waals surface area (Å²) in [7, 11) is 0. The quantitative estimate of drug-likeness (QED) is 0.245. The SMILES string of the molecule is N[C@@H]1[C@H](O)[C@@H](CO)O[C@H]1n1cnc2c(NCc3ccccc3Sc3ccccc3CO)ncnc21. The molecule has 5 rings (SSSR count). The van der Waals surface area contributed by atoms with E-state index in [0.717, 1.165) is 20.9 Å². The van der Waals surface area contributed by atoms with Crippen LogP contribution in [-0.4, -0.2) is 59.7 Å². The summed E-state index contributed by atoms with van der Waals surface area (Å²) in [6.45, 7) is 0.143. The van der Waals surface area contributed by atoms with E-state index in [4.69, 9.17) is 10.5 Å². The standard InChI is InChI=1S/C24H26N6O4S/c25-19-21(33)16(11-32)34-24(19)30-13-29-20-22(27-12-28-23(20)30)26-9-14-5-1-3-7-17(14)35-18-8-4-2-6-15(18)10-31/h1-8,12-13,16,19,21,24,31-33H,9-11,25H2,(H,26,27,28)/t16-,19-,21-,24-/m1/s1. The lowest BCUT2D eigenvalue weighted by Gasteiger charge is -2.17. The van der Waals surface area contributed by atoms with Gasteiger partial charge in [-0.25, -0.2) is 15.0 Å². The average Bonchev–Trinajstić information content (AvgIpc) is 3.44. The summed E-state index contributed by atoms with van der Waals surface area (Å²) in [6.07, 6.45) is 0.515. The van der Waals surface area contributed by atoms with Gasteiger partial charge in [-0.1, -0.05) is 48.2 Å². The minimum Gasteiger partial charge on any atom is -0.394 e. The maximum Gasteiger partial charge on any atom is 0.167 e. The number of nitrogens with one attached hydrogen (secondary N) is 1. The summed E-state index contributed by atoms with van der Waals surface area (Å²) in [5.41, 5.74) is 9.12. The van der Waals surface area contributed by atoms with Crippen molar-refractivity contribution in [3.05, 3.63) is 72.3 Å². The molecule has 4 atom stereocenters. The van der Waals surface area contributed by atoms with Crippen molar-refractivity contribution < 1.29 is 20.1 Å². The van der Waals surface area contributed by atoms with E-state index in [9.17, 15) is 15.3 Å². The van der Waals surface area contributed by atoms with Gasteiger partial charge in [0, 0.05) is 16.3 Å². The molecule has 1 saturated heterocycles. The molecular weight excluding hydrogens is 468 g/mol. The first kappa shape index (κ1) is 23.7. The lowest BCUT2D eigenvalue weighted by molar-refractivity contribution is -0.0437. The molecule has 0 spiro atoms. The number of ether oxygens (including phenoxy) is 1. The van der Waals surface area contributed by atoms with Crippen molar-refractivity contribution in [3.8, 4) is 0 Å². The van der Waals surface area contributed by atoms with E-state index >= 15 is 0 Å². The third-order valence-electron chi connectivity index (χ3n) is 6.01. The van der Waals surface area contributed by atoms with Crippen LogP contribution in [0.15, 0.2) is 71.0 Å². The predicted molar refractivity (Wildman–Crippen MR) is 131 cm³/mol. The zero-order valence-corrected chi connectivity index (χ0v) is 19.5. The molecule has 1 aliphatic rings. The van der Waals surface area contributed by atoms with Crippen LogP contribution < -0.4 is 11.1 Å². The zero-order chi connectivity index (χ0) is 24.4. The van der Waals surface area contributed by atoms with Crippen LogP contribution >= 0.6 is 11.8 Å². The predicted octanol–water partition coefficient (Wildman–Crippen LogP) is 1.66. The highest BCUT2D eigenvalue weighted by atomic mass is 32.2. The van der Waals surface area contributed by atoms with Crippen molar-refractivity contribution in [1.29, 1.82) is 0 Å². The van der Waals surface area contributed by atoms with Crippen molar-refractivity contribution in [2.45, 2.75) is 47.4 Å².